The van der Waals surface area contributed by atoms with Crippen molar-refractivity contribution in [2.75, 3.05) is 6.61 Å². The van der Waals surface area contributed by atoms with E-state index in [0.717, 1.165) is 11.1 Å². The van der Waals surface area contributed by atoms with Gasteiger partial charge in [0.2, 0.25) is 0 Å². The summed E-state index contributed by atoms with van der Waals surface area (Å²) in [5.41, 5.74) is 0. The van der Waals surface area contributed by atoms with Crippen molar-refractivity contribution in [3.8, 4) is 5.75 Å². The van der Waals surface area contributed by atoms with Crippen molar-refractivity contribution in [1.82, 2.24) is 0 Å². The fourth-order valence-corrected chi connectivity index (χ4v) is 2.14. The van der Waals surface area contributed by atoms with E-state index in [1.807, 2.05) is 24.3 Å². The van der Waals surface area contributed by atoms with E-state index in [-0.39, 0.29) is 0 Å². The molecule has 3 aromatic rings. The maximum atomic E-state index is 5.58. The van der Waals surface area contributed by atoms with E-state index in [9.17, 15) is 0 Å². The molecular weight excluding hydrogens is 220 g/mol. The monoisotopic (exact) mass is 233 g/mol. The van der Waals surface area contributed by atoms with Gasteiger partial charge in [0.1, 0.15) is 12.4 Å². The van der Waals surface area contributed by atoms with E-state index < -0.39 is 0 Å². The minimum absolute atomic E-state index is 0.530. The molecule has 1 heteroatoms. The average Bonchev–Trinajstić information content (AvgIpc) is 2.45. The highest BCUT2D eigenvalue weighted by atomic mass is 16.5. The molecule has 3 aromatic carbocycles. The van der Waals surface area contributed by atoms with Crippen molar-refractivity contribution >= 4 is 21.5 Å². The third-order valence-electron chi connectivity index (χ3n) is 2.99. The maximum Gasteiger partial charge on any atom is 0.120 e. The zero-order valence-electron chi connectivity index (χ0n) is 10.0. The Morgan fingerprint density at radius 1 is 1.11 bits per heavy atom. The molecule has 0 unspecified atom stereocenters. The lowest BCUT2D eigenvalue weighted by atomic mass is 10.0. The van der Waals surface area contributed by atoms with Gasteiger partial charge >= 0.3 is 0 Å². The highest BCUT2D eigenvalue weighted by Crippen LogP contribution is 2.28. The number of fused-ring (bicyclic) bond motifs is 3. The van der Waals surface area contributed by atoms with Crippen LogP contribution in [0, 0.1) is 6.07 Å². The van der Waals surface area contributed by atoms with Gasteiger partial charge in [0.25, 0.3) is 0 Å². The molecule has 0 aliphatic heterocycles. The van der Waals surface area contributed by atoms with E-state index in [1.54, 1.807) is 6.08 Å². The van der Waals surface area contributed by atoms with E-state index in [4.69, 9.17) is 4.74 Å². The van der Waals surface area contributed by atoms with Crippen LogP contribution in [0.4, 0.5) is 0 Å². The Kier molecular flexibility index (Phi) is 2.73. The first kappa shape index (κ1) is 10.8. The van der Waals surface area contributed by atoms with Crippen molar-refractivity contribution in [3.05, 3.63) is 67.3 Å². The van der Waals surface area contributed by atoms with Crippen LogP contribution in [-0.2, 0) is 0 Å². The van der Waals surface area contributed by atoms with Gasteiger partial charge in [-0.3, -0.25) is 0 Å². The van der Waals surface area contributed by atoms with Gasteiger partial charge in [0.15, 0.2) is 0 Å². The molecule has 0 heterocycles. The molecule has 87 valence electrons. The summed E-state index contributed by atoms with van der Waals surface area (Å²) >= 11 is 0. The number of benzene rings is 3. The molecule has 3 rings (SSSR count). The van der Waals surface area contributed by atoms with E-state index in [0.29, 0.717) is 6.61 Å². The molecule has 0 saturated heterocycles. The predicted molar refractivity (Wildman–Crippen MR) is 76.0 cm³/mol. The van der Waals surface area contributed by atoms with Crippen molar-refractivity contribution in [2.24, 2.45) is 0 Å². The van der Waals surface area contributed by atoms with Crippen LogP contribution >= 0.6 is 0 Å². The van der Waals surface area contributed by atoms with E-state index in [2.05, 4.69) is 36.9 Å². The van der Waals surface area contributed by atoms with Gasteiger partial charge < -0.3 is 4.74 Å². The highest BCUT2D eigenvalue weighted by molar-refractivity contribution is 6.07. The number of hydrogen-bond donors (Lipinski definition) is 0. The first-order valence-corrected chi connectivity index (χ1v) is 5.95. The van der Waals surface area contributed by atoms with Crippen LogP contribution in [0.3, 0.4) is 0 Å². The van der Waals surface area contributed by atoms with Crippen LogP contribution in [0.2, 0.25) is 0 Å². The Balaban J connectivity index is 2.23. The second-order valence-electron chi connectivity index (χ2n) is 4.18. The van der Waals surface area contributed by atoms with Crippen molar-refractivity contribution < 1.29 is 4.74 Å². The third-order valence-corrected chi connectivity index (χ3v) is 2.99. The Morgan fingerprint density at radius 3 is 2.89 bits per heavy atom. The molecule has 0 atom stereocenters. The summed E-state index contributed by atoms with van der Waals surface area (Å²) in [6.07, 6.45) is 1.75. The van der Waals surface area contributed by atoms with Gasteiger partial charge in [-0.15, -0.1) is 0 Å². The first-order chi connectivity index (χ1) is 8.88. The quantitative estimate of drug-likeness (QED) is 0.482. The van der Waals surface area contributed by atoms with Gasteiger partial charge in [-0.05, 0) is 45.8 Å². The van der Waals surface area contributed by atoms with Crippen LogP contribution in [-0.4, -0.2) is 6.61 Å². The molecule has 1 nitrogen and oxygen atoms in total. The summed E-state index contributed by atoms with van der Waals surface area (Å²) in [5.74, 6) is 0.874. The molecule has 0 aliphatic carbocycles. The topological polar surface area (TPSA) is 9.23 Å². The average molecular weight is 233 g/mol. The minimum Gasteiger partial charge on any atom is -0.490 e. The lowest BCUT2D eigenvalue weighted by Gasteiger charge is -2.07. The van der Waals surface area contributed by atoms with Crippen LogP contribution in [0.15, 0.2) is 61.2 Å². The Morgan fingerprint density at radius 2 is 2.00 bits per heavy atom. The van der Waals surface area contributed by atoms with Crippen molar-refractivity contribution in [3.63, 3.8) is 0 Å². The molecular formula is C17H13O. The maximum absolute atomic E-state index is 5.58. The van der Waals surface area contributed by atoms with Crippen LogP contribution < -0.4 is 4.74 Å². The zero-order chi connectivity index (χ0) is 12.4. The van der Waals surface area contributed by atoms with Gasteiger partial charge in [-0.1, -0.05) is 43.0 Å². The highest BCUT2D eigenvalue weighted by Gasteiger charge is 2.02. The lowest BCUT2D eigenvalue weighted by molar-refractivity contribution is 0.364. The summed E-state index contributed by atoms with van der Waals surface area (Å²) in [5, 5.41) is 4.72. The van der Waals surface area contributed by atoms with Gasteiger partial charge in [0.05, 0.1) is 0 Å². The van der Waals surface area contributed by atoms with Gasteiger partial charge in [-0.25, -0.2) is 0 Å². The number of rotatable bonds is 3. The molecule has 0 fully saturated rings. The van der Waals surface area contributed by atoms with Gasteiger partial charge in [-0.2, -0.15) is 0 Å². The molecule has 0 amide bonds. The summed E-state index contributed by atoms with van der Waals surface area (Å²) in [6, 6.07) is 19.7. The van der Waals surface area contributed by atoms with Crippen LogP contribution in [0.25, 0.3) is 21.5 Å². The summed E-state index contributed by atoms with van der Waals surface area (Å²) < 4.78 is 5.58. The molecule has 0 aromatic heterocycles. The lowest BCUT2D eigenvalue weighted by Crippen LogP contribution is -1.92. The molecule has 1 radical (unpaired) electrons. The second-order valence-corrected chi connectivity index (χ2v) is 4.18. The number of ether oxygens (including phenoxy) is 1. The molecule has 0 spiro atoms. The van der Waals surface area contributed by atoms with E-state index in [1.165, 1.54) is 16.2 Å². The predicted octanol–water partition coefficient (Wildman–Crippen LogP) is 4.36. The SMILES string of the molecule is C=CCOc1ccc2c[c]c3ccccc3c2c1. The standard InChI is InChI=1S/C17H13O/c1-2-11-18-15-10-9-14-8-7-13-5-3-4-6-16(13)17(14)12-15/h2-6,8-10,12H,1,11H2. The molecule has 0 N–H and O–H groups in total. The van der Waals surface area contributed by atoms with Crippen molar-refractivity contribution in [2.45, 2.75) is 0 Å². The fourth-order valence-electron chi connectivity index (χ4n) is 2.14. The Hall–Kier alpha value is -2.28. The van der Waals surface area contributed by atoms with Crippen LogP contribution in [0.1, 0.15) is 0 Å². The minimum atomic E-state index is 0.530. The van der Waals surface area contributed by atoms with Crippen LogP contribution in [0.5, 0.6) is 5.75 Å². The fraction of sp³-hybridized carbons (Fsp3) is 0.0588. The molecule has 0 aliphatic rings. The summed E-state index contributed by atoms with van der Waals surface area (Å²) in [4.78, 5) is 0. The molecule has 18 heavy (non-hydrogen) atoms. The summed E-state index contributed by atoms with van der Waals surface area (Å²) in [7, 11) is 0. The second kappa shape index (κ2) is 4.53. The molecule has 0 saturated carbocycles. The third kappa shape index (κ3) is 1.84. The summed E-state index contributed by atoms with van der Waals surface area (Å²) in [6.45, 7) is 4.19. The smallest absolute Gasteiger partial charge is 0.120 e. The Labute approximate surface area is 106 Å². The Bertz CT molecular complexity index is 713. The zero-order valence-corrected chi connectivity index (χ0v) is 10.0. The van der Waals surface area contributed by atoms with E-state index >= 15 is 0 Å². The van der Waals surface area contributed by atoms with Crippen molar-refractivity contribution in [1.29, 1.82) is 0 Å². The normalized spacial score (nSPS) is 10.7. The van der Waals surface area contributed by atoms with Gasteiger partial charge in [0, 0.05) is 0 Å². The number of hydrogen-bond acceptors (Lipinski definition) is 1. The largest absolute Gasteiger partial charge is 0.490 e. The molecule has 0 bridgehead atoms. The first-order valence-electron chi connectivity index (χ1n) is 5.95.